The standard InChI is InChI=1S/C28H37N5O3S/c1-18(2)7-9-21(34)6-5-11-32-17-20(16-29-32)19-8-10-24-23(14-19)33(12-13-36-24)27-30-22-15-28(3,4)31-26(35)25(22)37-27/h7-10,14,16-18,21,27,30,34H,5-6,11-13,15H2,1-4H3,(H,31,35)/b9-7+/t21-,27?/m1/s1. The van der Waals surface area contributed by atoms with Crippen LogP contribution < -0.4 is 20.3 Å². The number of aromatic nitrogens is 2. The summed E-state index contributed by atoms with van der Waals surface area (Å²) in [5, 5.41) is 21.4. The maximum atomic E-state index is 12.7. The molecule has 2 aromatic rings. The van der Waals surface area contributed by atoms with Gasteiger partial charge in [0, 0.05) is 36.0 Å². The molecule has 0 spiro atoms. The zero-order valence-electron chi connectivity index (χ0n) is 22.0. The summed E-state index contributed by atoms with van der Waals surface area (Å²) in [5.41, 5.74) is 3.85. The number of allylic oxidation sites excluding steroid dienone is 1. The van der Waals surface area contributed by atoms with Crippen LogP contribution in [0.3, 0.4) is 0 Å². The molecule has 198 valence electrons. The number of aliphatic hydroxyl groups excluding tert-OH is 1. The normalized spacial score (nSPS) is 21.5. The number of aryl methyl sites for hydroxylation is 1. The number of thioether (sulfide) groups is 1. The van der Waals surface area contributed by atoms with Crippen molar-refractivity contribution in [3.8, 4) is 16.9 Å². The predicted octanol–water partition coefficient (Wildman–Crippen LogP) is 4.23. The average Bonchev–Trinajstić information content (AvgIpc) is 3.49. The van der Waals surface area contributed by atoms with E-state index in [2.05, 4.69) is 66.7 Å². The quantitative estimate of drug-likeness (QED) is 0.446. The largest absolute Gasteiger partial charge is 0.490 e. The fourth-order valence-electron chi connectivity index (χ4n) is 4.95. The third kappa shape index (κ3) is 5.83. The van der Waals surface area contributed by atoms with Gasteiger partial charge in [-0.2, -0.15) is 5.10 Å². The smallest absolute Gasteiger partial charge is 0.260 e. The van der Waals surface area contributed by atoms with Gasteiger partial charge in [-0.3, -0.25) is 9.48 Å². The Morgan fingerprint density at radius 2 is 2.14 bits per heavy atom. The van der Waals surface area contributed by atoms with Crippen molar-refractivity contribution in [2.45, 2.75) is 70.6 Å². The Labute approximate surface area is 223 Å². The number of hydrogen-bond acceptors (Lipinski definition) is 7. The molecule has 0 saturated carbocycles. The first-order valence-corrected chi connectivity index (χ1v) is 14.0. The van der Waals surface area contributed by atoms with Gasteiger partial charge in [-0.15, -0.1) is 0 Å². The molecule has 3 aliphatic rings. The van der Waals surface area contributed by atoms with Crippen LogP contribution in [-0.4, -0.2) is 51.1 Å². The molecule has 4 heterocycles. The maximum Gasteiger partial charge on any atom is 0.260 e. The summed E-state index contributed by atoms with van der Waals surface area (Å²) in [6, 6.07) is 6.24. The summed E-state index contributed by atoms with van der Waals surface area (Å²) in [6.07, 6.45) is 9.81. The van der Waals surface area contributed by atoms with Crippen molar-refractivity contribution in [3.63, 3.8) is 0 Å². The Hall–Kier alpha value is -2.91. The van der Waals surface area contributed by atoms with E-state index in [9.17, 15) is 9.90 Å². The van der Waals surface area contributed by atoms with Gasteiger partial charge in [0.25, 0.3) is 5.91 Å². The van der Waals surface area contributed by atoms with Crippen LogP contribution in [0.4, 0.5) is 5.69 Å². The summed E-state index contributed by atoms with van der Waals surface area (Å²) >= 11 is 1.58. The summed E-state index contributed by atoms with van der Waals surface area (Å²) in [4.78, 5) is 15.8. The van der Waals surface area contributed by atoms with Crippen LogP contribution >= 0.6 is 11.8 Å². The molecule has 3 aliphatic heterocycles. The van der Waals surface area contributed by atoms with Gasteiger partial charge in [-0.1, -0.05) is 43.8 Å². The number of nitrogens with zero attached hydrogens (tertiary/aromatic N) is 3. The zero-order chi connectivity index (χ0) is 26.2. The third-order valence-corrected chi connectivity index (χ3v) is 8.05. The number of hydrogen-bond donors (Lipinski definition) is 3. The molecule has 1 aromatic carbocycles. The van der Waals surface area contributed by atoms with Crippen LogP contribution in [0.15, 0.2) is 53.3 Å². The van der Waals surface area contributed by atoms with E-state index in [-0.39, 0.29) is 16.9 Å². The van der Waals surface area contributed by atoms with Crippen LogP contribution in [0.25, 0.3) is 11.1 Å². The van der Waals surface area contributed by atoms with Gasteiger partial charge in [0.05, 0.1) is 29.4 Å². The lowest BCUT2D eigenvalue weighted by molar-refractivity contribution is -0.118. The number of rotatable bonds is 8. The van der Waals surface area contributed by atoms with E-state index in [0.29, 0.717) is 18.9 Å². The molecule has 5 rings (SSSR count). The van der Waals surface area contributed by atoms with Crippen molar-refractivity contribution < 1.29 is 14.6 Å². The second kappa shape index (κ2) is 10.5. The second-order valence-electron chi connectivity index (χ2n) is 11.0. The molecular weight excluding hydrogens is 486 g/mol. The number of benzene rings is 1. The highest BCUT2D eigenvalue weighted by molar-refractivity contribution is 8.04. The van der Waals surface area contributed by atoms with Gasteiger partial charge in [0.1, 0.15) is 12.4 Å². The Morgan fingerprint density at radius 1 is 1.30 bits per heavy atom. The van der Waals surface area contributed by atoms with Gasteiger partial charge in [-0.25, -0.2) is 0 Å². The molecule has 0 bridgehead atoms. The number of ether oxygens (including phenoxy) is 1. The van der Waals surface area contributed by atoms with Gasteiger partial charge in [-0.05, 0) is 50.3 Å². The SMILES string of the molecule is CC(C)/C=C/[C@H](O)CCCn1cc(-c2ccc3c(c2)N(C2NC4=C(S2)C(=O)NC(C)(C)C4)CCO3)cn1. The number of anilines is 1. The third-order valence-electron chi connectivity index (χ3n) is 6.79. The summed E-state index contributed by atoms with van der Waals surface area (Å²) in [5.74, 6) is 1.30. The lowest BCUT2D eigenvalue weighted by atomic mass is 9.95. The second-order valence-corrected chi connectivity index (χ2v) is 12.1. The van der Waals surface area contributed by atoms with Crippen molar-refractivity contribution in [1.29, 1.82) is 0 Å². The van der Waals surface area contributed by atoms with Crippen molar-refractivity contribution >= 4 is 23.4 Å². The van der Waals surface area contributed by atoms with Crippen LogP contribution in [0.1, 0.15) is 47.0 Å². The molecule has 0 fully saturated rings. The van der Waals surface area contributed by atoms with Gasteiger partial charge < -0.3 is 25.4 Å². The molecular formula is C28H37N5O3S. The van der Waals surface area contributed by atoms with Gasteiger partial charge in [0.15, 0.2) is 5.50 Å². The van der Waals surface area contributed by atoms with Crippen molar-refractivity contribution in [2.24, 2.45) is 5.92 Å². The molecule has 1 amide bonds. The van der Waals surface area contributed by atoms with Crippen LogP contribution in [0, 0.1) is 5.92 Å². The lowest BCUT2D eigenvalue weighted by Crippen LogP contribution is -2.49. The average molecular weight is 524 g/mol. The van der Waals surface area contributed by atoms with Crippen LogP contribution in [-0.2, 0) is 11.3 Å². The number of fused-ring (bicyclic) bond motifs is 1. The van der Waals surface area contributed by atoms with E-state index in [0.717, 1.165) is 59.1 Å². The molecule has 8 nitrogen and oxygen atoms in total. The number of aliphatic hydroxyl groups is 1. The van der Waals surface area contributed by atoms with E-state index in [4.69, 9.17) is 4.74 Å². The van der Waals surface area contributed by atoms with Crippen molar-refractivity contribution in [2.75, 3.05) is 18.1 Å². The zero-order valence-corrected chi connectivity index (χ0v) is 22.8. The highest BCUT2D eigenvalue weighted by Crippen LogP contribution is 2.43. The highest BCUT2D eigenvalue weighted by Gasteiger charge is 2.41. The number of amides is 1. The molecule has 1 aromatic heterocycles. The molecule has 2 atom stereocenters. The summed E-state index contributed by atoms with van der Waals surface area (Å²) < 4.78 is 7.91. The Bertz CT molecular complexity index is 1220. The van der Waals surface area contributed by atoms with E-state index >= 15 is 0 Å². The maximum absolute atomic E-state index is 12.7. The molecule has 0 aliphatic carbocycles. The first-order chi connectivity index (χ1) is 17.7. The van der Waals surface area contributed by atoms with E-state index in [1.165, 1.54) is 0 Å². The first-order valence-electron chi connectivity index (χ1n) is 13.1. The van der Waals surface area contributed by atoms with Crippen LogP contribution in [0.5, 0.6) is 5.75 Å². The molecule has 0 saturated heterocycles. The topological polar surface area (TPSA) is 91.7 Å². The summed E-state index contributed by atoms with van der Waals surface area (Å²) in [7, 11) is 0. The fraction of sp³-hybridized carbons (Fsp3) is 0.500. The van der Waals surface area contributed by atoms with Gasteiger partial charge >= 0.3 is 0 Å². The predicted molar refractivity (Wildman–Crippen MR) is 148 cm³/mol. The minimum absolute atomic E-state index is 0.00404. The molecule has 1 unspecified atom stereocenters. The van der Waals surface area contributed by atoms with Crippen molar-refractivity contribution in [1.82, 2.24) is 20.4 Å². The number of nitrogens with one attached hydrogen (secondary N) is 2. The van der Waals surface area contributed by atoms with E-state index in [1.807, 2.05) is 29.1 Å². The summed E-state index contributed by atoms with van der Waals surface area (Å²) in [6.45, 7) is 10.4. The van der Waals surface area contributed by atoms with Gasteiger partial charge in [0.2, 0.25) is 0 Å². The monoisotopic (exact) mass is 523 g/mol. The minimum atomic E-state index is -0.413. The molecule has 37 heavy (non-hydrogen) atoms. The Morgan fingerprint density at radius 3 is 2.95 bits per heavy atom. The number of carbonyl (C=O) groups is 1. The highest BCUT2D eigenvalue weighted by atomic mass is 32.2. The Kier molecular flexibility index (Phi) is 7.27. The fourth-order valence-corrected chi connectivity index (χ4v) is 6.15. The minimum Gasteiger partial charge on any atom is -0.490 e. The molecule has 0 radical (unpaired) electrons. The molecule has 9 heteroatoms. The first kappa shape index (κ1) is 25.7. The van der Waals surface area contributed by atoms with Crippen molar-refractivity contribution in [3.05, 3.63) is 53.3 Å². The van der Waals surface area contributed by atoms with Crippen LogP contribution in [0.2, 0.25) is 0 Å². The van der Waals surface area contributed by atoms with E-state index in [1.54, 1.807) is 11.8 Å². The van der Waals surface area contributed by atoms with E-state index < -0.39 is 6.10 Å². The number of carbonyl (C=O) groups excluding carboxylic acids is 1. The molecule has 3 N–H and O–H groups in total. The lowest BCUT2D eigenvalue weighted by Gasteiger charge is -2.36. The Balaban J connectivity index is 1.27.